The quantitative estimate of drug-likeness (QED) is 0.679. The monoisotopic (exact) mass is 391 g/mol. The number of ether oxygens (including phenoxy) is 2. The van der Waals surface area contributed by atoms with Crippen molar-refractivity contribution in [3.05, 3.63) is 45.4 Å². The molecule has 0 radical (unpaired) electrons. The Balaban J connectivity index is 2.03. The molecule has 0 saturated heterocycles. The van der Waals surface area contributed by atoms with E-state index in [0.29, 0.717) is 38.5 Å². The van der Waals surface area contributed by atoms with Gasteiger partial charge in [-0.15, -0.1) is 11.3 Å². The second-order valence-corrected chi connectivity index (χ2v) is 7.12. The highest BCUT2D eigenvalue weighted by Gasteiger charge is 2.21. The largest absolute Gasteiger partial charge is 0.495 e. The van der Waals surface area contributed by atoms with Crippen LogP contribution in [0.4, 0.5) is 11.4 Å². The number of amides is 1. The molecule has 0 aliphatic rings. The number of nitrogens with one attached hydrogen (secondary N) is 1. The Morgan fingerprint density at radius 2 is 2.12 bits per heavy atom. The first-order chi connectivity index (χ1) is 12.4. The van der Waals surface area contributed by atoms with Crippen LogP contribution < -0.4 is 15.8 Å². The third kappa shape index (κ3) is 3.46. The van der Waals surface area contributed by atoms with Gasteiger partial charge in [0.15, 0.2) is 0 Å². The van der Waals surface area contributed by atoms with E-state index in [-0.39, 0.29) is 5.91 Å². The number of pyridine rings is 1. The molecule has 0 bridgehead atoms. The van der Waals surface area contributed by atoms with Crippen LogP contribution in [-0.4, -0.2) is 25.1 Å². The zero-order valence-electron chi connectivity index (χ0n) is 14.6. The Bertz CT molecular complexity index is 987. The lowest BCUT2D eigenvalue weighted by Crippen LogP contribution is -2.12. The van der Waals surface area contributed by atoms with Gasteiger partial charge in [0.25, 0.3) is 5.91 Å². The average molecular weight is 392 g/mol. The van der Waals surface area contributed by atoms with E-state index in [1.807, 2.05) is 13.0 Å². The molecule has 8 heteroatoms. The van der Waals surface area contributed by atoms with Gasteiger partial charge in [-0.1, -0.05) is 11.6 Å². The summed E-state index contributed by atoms with van der Waals surface area (Å²) in [5.41, 5.74) is 8.89. The Hall–Kier alpha value is -2.35. The van der Waals surface area contributed by atoms with Gasteiger partial charge >= 0.3 is 0 Å². The molecule has 26 heavy (non-hydrogen) atoms. The van der Waals surface area contributed by atoms with Crippen molar-refractivity contribution in [2.75, 3.05) is 25.3 Å². The molecule has 1 amide bonds. The van der Waals surface area contributed by atoms with Gasteiger partial charge in [-0.3, -0.25) is 4.79 Å². The number of nitrogens with zero attached hydrogens (tertiary/aromatic N) is 1. The van der Waals surface area contributed by atoms with E-state index in [2.05, 4.69) is 10.3 Å². The summed E-state index contributed by atoms with van der Waals surface area (Å²) in [6, 6.07) is 6.92. The highest BCUT2D eigenvalue weighted by molar-refractivity contribution is 7.21. The summed E-state index contributed by atoms with van der Waals surface area (Å²) in [5, 5.41) is 4.06. The maximum atomic E-state index is 12.8. The Morgan fingerprint density at radius 1 is 1.35 bits per heavy atom. The van der Waals surface area contributed by atoms with Crippen molar-refractivity contribution < 1.29 is 14.3 Å². The maximum absolute atomic E-state index is 12.8. The van der Waals surface area contributed by atoms with E-state index in [4.69, 9.17) is 26.8 Å². The molecule has 0 unspecified atom stereocenters. The number of fused-ring (bicyclic) bond motifs is 1. The van der Waals surface area contributed by atoms with Crippen LogP contribution >= 0.6 is 22.9 Å². The number of aromatic nitrogens is 1. The SMILES string of the molecule is COCc1cc(C)nc2sc(C(=O)Nc3cc(Cl)ccc3OC)c(N)c12. The molecule has 0 saturated carbocycles. The topological polar surface area (TPSA) is 86.5 Å². The van der Waals surface area contributed by atoms with Gasteiger partial charge < -0.3 is 20.5 Å². The van der Waals surface area contributed by atoms with Crippen LogP contribution in [0.1, 0.15) is 20.9 Å². The Labute approximate surface area is 159 Å². The van der Waals surface area contributed by atoms with Crippen molar-refractivity contribution in [3.8, 4) is 5.75 Å². The van der Waals surface area contributed by atoms with E-state index in [0.717, 1.165) is 16.6 Å². The van der Waals surface area contributed by atoms with Crippen molar-refractivity contribution in [2.45, 2.75) is 13.5 Å². The minimum absolute atomic E-state index is 0.341. The molecule has 0 spiro atoms. The zero-order valence-corrected chi connectivity index (χ0v) is 16.1. The van der Waals surface area contributed by atoms with Crippen LogP contribution in [0, 0.1) is 6.92 Å². The predicted molar refractivity (Wildman–Crippen MR) is 105 cm³/mol. The van der Waals surface area contributed by atoms with E-state index in [1.54, 1.807) is 25.3 Å². The summed E-state index contributed by atoms with van der Waals surface area (Å²) >= 11 is 7.26. The highest BCUT2D eigenvalue weighted by atomic mass is 35.5. The molecule has 3 aromatic rings. The van der Waals surface area contributed by atoms with E-state index >= 15 is 0 Å². The maximum Gasteiger partial charge on any atom is 0.268 e. The van der Waals surface area contributed by atoms with Gasteiger partial charge in [0.2, 0.25) is 0 Å². The summed E-state index contributed by atoms with van der Waals surface area (Å²) in [6.07, 6.45) is 0. The lowest BCUT2D eigenvalue weighted by Gasteiger charge is -2.10. The molecule has 2 heterocycles. The van der Waals surface area contributed by atoms with Crippen LogP contribution in [-0.2, 0) is 11.3 Å². The number of thiophene rings is 1. The van der Waals surface area contributed by atoms with Crippen molar-refractivity contribution in [3.63, 3.8) is 0 Å². The molecule has 0 aliphatic heterocycles. The summed E-state index contributed by atoms with van der Waals surface area (Å²) in [5.74, 6) is 0.170. The number of hydrogen-bond donors (Lipinski definition) is 2. The molecule has 3 rings (SSSR count). The second kappa shape index (κ2) is 7.49. The first kappa shape index (κ1) is 18.4. The minimum atomic E-state index is -0.341. The third-order valence-electron chi connectivity index (χ3n) is 3.82. The molecule has 0 fully saturated rings. The predicted octanol–water partition coefficient (Wildman–Crippen LogP) is 4.25. The summed E-state index contributed by atoms with van der Waals surface area (Å²) in [4.78, 5) is 18.4. The van der Waals surface area contributed by atoms with Crippen LogP contribution in [0.15, 0.2) is 24.3 Å². The summed E-state index contributed by atoms with van der Waals surface area (Å²) in [6.45, 7) is 2.29. The lowest BCUT2D eigenvalue weighted by atomic mass is 10.1. The molecule has 2 aromatic heterocycles. The number of carbonyl (C=O) groups is 1. The molecular weight excluding hydrogens is 374 g/mol. The van der Waals surface area contributed by atoms with E-state index in [9.17, 15) is 4.79 Å². The van der Waals surface area contributed by atoms with Crippen molar-refractivity contribution in [2.24, 2.45) is 0 Å². The lowest BCUT2D eigenvalue weighted by molar-refractivity contribution is 0.103. The Kier molecular flexibility index (Phi) is 5.31. The van der Waals surface area contributed by atoms with E-state index in [1.165, 1.54) is 18.4 Å². The molecule has 3 N–H and O–H groups in total. The highest BCUT2D eigenvalue weighted by Crippen LogP contribution is 2.37. The van der Waals surface area contributed by atoms with Gasteiger partial charge in [-0.25, -0.2) is 4.98 Å². The van der Waals surface area contributed by atoms with Crippen molar-refractivity contribution in [1.82, 2.24) is 4.98 Å². The van der Waals surface area contributed by atoms with Gasteiger partial charge in [0.05, 0.1) is 25.1 Å². The normalized spacial score (nSPS) is 10.9. The van der Waals surface area contributed by atoms with E-state index < -0.39 is 0 Å². The molecule has 0 aliphatic carbocycles. The number of hydrogen-bond acceptors (Lipinski definition) is 6. The number of anilines is 2. The number of halogens is 1. The fourth-order valence-corrected chi connectivity index (χ4v) is 3.99. The second-order valence-electron chi connectivity index (χ2n) is 5.68. The van der Waals surface area contributed by atoms with Gasteiger partial charge in [0, 0.05) is 23.2 Å². The minimum Gasteiger partial charge on any atom is -0.495 e. The first-order valence-corrected chi connectivity index (χ1v) is 8.96. The fraction of sp³-hybridized carbons (Fsp3) is 0.222. The number of methoxy groups -OCH3 is 2. The summed E-state index contributed by atoms with van der Waals surface area (Å²) < 4.78 is 10.5. The van der Waals surface area contributed by atoms with Crippen LogP contribution in [0.3, 0.4) is 0 Å². The van der Waals surface area contributed by atoms with Crippen LogP contribution in [0.25, 0.3) is 10.2 Å². The molecule has 1 aromatic carbocycles. The molecule has 0 atom stereocenters. The summed E-state index contributed by atoms with van der Waals surface area (Å²) in [7, 11) is 3.14. The van der Waals surface area contributed by atoms with Crippen molar-refractivity contribution in [1.29, 1.82) is 0 Å². The fourth-order valence-electron chi connectivity index (χ4n) is 2.73. The van der Waals surface area contributed by atoms with Gasteiger partial charge in [-0.2, -0.15) is 0 Å². The molecule has 6 nitrogen and oxygen atoms in total. The smallest absolute Gasteiger partial charge is 0.268 e. The van der Waals surface area contributed by atoms with Gasteiger partial charge in [-0.05, 0) is 36.8 Å². The number of nitrogens with two attached hydrogens (primary N) is 1. The van der Waals surface area contributed by atoms with Gasteiger partial charge in [0.1, 0.15) is 15.5 Å². The number of aryl methyl sites for hydroxylation is 1. The zero-order chi connectivity index (χ0) is 18.8. The van der Waals surface area contributed by atoms with Crippen LogP contribution in [0.2, 0.25) is 5.02 Å². The third-order valence-corrected chi connectivity index (χ3v) is 5.16. The number of benzene rings is 1. The first-order valence-electron chi connectivity index (χ1n) is 7.77. The molecular formula is C18H18ClN3O3S. The van der Waals surface area contributed by atoms with Crippen LogP contribution in [0.5, 0.6) is 5.75 Å². The number of carbonyl (C=O) groups excluding carboxylic acids is 1. The van der Waals surface area contributed by atoms with Crippen molar-refractivity contribution >= 4 is 50.4 Å². The number of rotatable bonds is 5. The Morgan fingerprint density at radius 3 is 2.81 bits per heavy atom. The standard InChI is InChI=1S/C18H18ClN3O3S/c1-9-6-10(8-24-2)14-15(20)16(26-18(14)21-9)17(23)22-12-7-11(19)4-5-13(12)25-3/h4-7H,8,20H2,1-3H3,(H,22,23). The average Bonchev–Trinajstić information content (AvgIpc) is 2.92. The molecule has 136 valence electrons. The number of nitrogen functional groups attached to an aromatic ring is 1.